The number of hydrogen-bond donors (Lipinski definition) is 2. The number of rotatable bonds is 7. The summed E-state index contributed by atoms with van der Waals surface area (Å²) >= 11 is 6.72. The largest absolute Gasteiger partial charge is 0.496 e. The average molecular weight is 544 g/mol. The number of aromatic carboxylic acids is 1. The van der Waals surface area contributed by atoms with Crippen LogP contribution in [0.4, 0.5) is 0 Å². The highest BCUT2D eigenvalue weighted by Gasteiger charge is 2.31. The van der Waals surface area contributed by atoms with Gasteiger partial charge >= 0.3 is 5.97 Å². The second kappa shape index (κ2) is 10.6. The number of ether oxygens (including phenoxy) is 1. The number of carbonyl (C=O) groups excluding carboxylic acids is 1. The summed E-state index contributed by atoms with van der Waals surface area (Å²) in [6.07, 6.45) is 3.72. The number of H-pyrrole nitrogens is 1. The van der Waals surface area contributed by atoms with Gasteiger partial charge in [0.2, 0.25) is 0 Å². The van der Waals surface area contributed by atoms with Crippen LogP contribution in [0.3, 0.4) is 0 Å². The zero-order chi connectivity index (χ0) is 26.8. The number of thiocarbonyl (C=S) groups is 1. The fraction of sp³-hybridized carbons (Fsp3) is 0.107. The van der Waals surface area contributed by atoms with Crippen LogP contribution in [-0.4, -0.2) is 49.8 Å². The van der Waals surface area contributed by atoms with E-state index in [0.717, 1.165) is 22.3 Å². The summed E-state index contributed by atoms with van der Waals surface area (Å²) in [6.45, 7) is 0.394. The van der Waals surface area contributed by atoms with Crippen molar-refractivity contribution in [1.29, 1.82) is 0 Å². The molecular weight excluding hydrogens is 522 g/mol. The monoisotopic (exact) mass is 543 g/mol. The van der Waals surface area contributed by atoms with E-state index in [0.29, 0.717) is 38.8 Å². The first kappa shape index (κ1) is 25.4. The molecule has 2 heterocycles. The molecule has 38 heavy (non-hydrogen) atoms. The van der Waals surface area contributed by atoms with E-state index in [1.54, 1.807) is 48.4 Å². The van der Waals surface area contributed by atoms with Gasteiger partial charge in [-0.2, -0.15) is 0 Å². The third-order valence-electron chi connectivity index (χ3n) is 6.17. The van der Waals surface area contributed by atoms with Gasteiger partial charge < -0.3 is 14.8 Å². The van der Waals surface area contributed by atoms with Crippen LogP contribution in [0.25, 0.3) is 28.1 Å². The molecule has 1 fully saturated rings. The molecule has 190 valence electrons. The number of hydrogen-bond acceptors (Lipinski definition) is 7. The van der Waals surface area contributed by atoms with Crippen LogP contribution in [0.15, 0.2) is 76.7 Å². The molecule has 5 rings (SSSR count). The van der Waals surface area contributed by atoms with Gasteiger partial charge in [0.15, 0.2) is 0 Å². The molecule has 0 radical (unpaired) electrons. The molecule has 0 saturated carbocycles. The Morgan fingerprint density at radius 3 is 2.66 bits per heavy atom. The van der Waals surface area contributed by atoms with Crippen molar-refractivity contribution >= 4 is 57.2 Å². The van der Waals surface area contributed by atoms with Gasteiger partial charge in [0.25, 0.3) is 11.5 Å². The summed E-state index contributed by atoms with van der Waals surface area (Å²) in [5.74, 6) is -0.505. The van der Waals surface area contributed by atoms with Gasteiger partial charge in [0.1, 0.15) is 10.1 Å². The molecule has 2 N–H and O–H groups in total. The third kappa shape index (κ3) is 5.09. The van der Waals surface area contributed by atoms with Gasteiger partial charge in [-0.25, -0.2) is 9.78 Å². The first-order valence-electron chi connectivity index (χ1n) is 11.6. The molecule has 0 spiro atoms. The molecule has 0 atom stereocenters. The number of fused-ring (bicyclic) bond motifs is 1. The predicted molar refractivity (Wildman–Crippen MR) is 151 cm³/mol. The first-order valence-corrected chi connectivity index (χ1v) is 12.8. The number of thioether (sulfide) groups is 1. The maximum atomic E-state index is 13.1. The first-order chi connectivity index (χ1) is 18.3. The second-order valence-corrected chi connectivity index (χ2v) is 10.2. The van der Waals surface area contributed by atoms with Crippen LogP contribution in [0.2, 0.25) is 0 Å². The van der Waals surface area contributed by atoms with E-state index in [4.69, 9.17) is 22.1 Å². The molecule has 1 aliphatic heterocycles. The van der Waals surface area contributed by atoms with Crippen molar-refractivity contribution in [2.24, 2.45) is 0 Å². The van der Waals surface area contributed by atoms with E-state index in [9.17, 15) is 14.4 Å². The highest BCUT2D eigenvalue weighted by atomic mass is 32.2. The van der Waals surface area contributed by atoms with Crippen molar-refractivity contribution in [3.05, 3.63) is 98.9 Å². The lowest BCUT2D eigenvalue weighted by atomic mass is 10.0. The van der Waals surface area contributed by atoms with Crippen molar-refractivity contribution < 1.29 is 19.4 Å². The smallest absolute Gasteiger partial charge is 0.335 e. The highest BCUT2D eigenvalue weighted by molar-refractivity contribution is 8.26. The van der Waals surface area contributed by atoms with Gasteiger partial charge in [-0.1, -0.05) is 48.2 Å². The number of carboxylic acids is 1. The Labute approximate surface area is 227 Å². The summed E-state index contributed by atoms with van der Waals surface area (Å²) in [7, 11) is 1.59. The number of aromatic amines is 1. The van der Waals surface area contributed by atoms with Crippen LogP contribution < -0.4 is 10.3 Å². The fourth-order valence-electron chi connectivity index (χ4n) is 4.18. The average Bonchev–Trinajstić information content (AvgIpc) is 3.19. The van der Waals surface area contributed by atoms with Crippen LogP contribution >= 0.6 is 24.0 Å². The lowest BCUT2D eigenvalue weighted by Gasteiger charge is -2.14. The van der Waals surface area contributed by atoms with Crippen molar-refractivity contribution in [2.75, 3.05) is 13.7 Å². The van der Waals surface area contributed by atoms with E-state index in [1.807, 2.05) is 30.3 Å². The summed E-state index contributed by atoms with van der Waals surface area (Å²) in [5.41, 5.74) is 3.91. The van der Waals surface area contributed by atoms with Crippen molar-refractivity contribution in [2.45, 2.75) is 6.42 Å². The standard InChI is InChI=1S/C28H21N3O5S2/c1-36-23-9-4-17(12-21(23)19-7-8-20-22(14-19)29-15-30-25(20)32)13-24-26(33)31(28(37)38-24)11-10-16-2-5-18(6-3-16)27(34)35/h2-9,12-15H,10-11H2,1H3,(H,34,35)(H,29,30,32). The number of benzene rings is 3. The maximum absolute atomic E-state index is 13.1. The van der Waals surface area contributed by atoms with Gasteiger partial charge in [-0.3, -0.25) is 14.5 Å². The normalized spacial score (nSPS) is 14.4. The summed E-state index contributed by atoms with van der Waals surface area (Å²) in [5, 5.41) is 9.55. The number of amides is 1. The number of methoxy groups -OCH3 is 1. The molecule has 10 heteroatoms. The van der Waals surface area contributed by atoms with Crippen LogP contribution in [0.5, 0.6) is 5.75 Å². The summed E-state index contributed by atoms with van der Waals surface area (Å²) in [6, 6.07) is 17.6. The van der Waals surface area contributed by atoms with Crippen molar-refractivity contribution in [3.8, 4) is 16.9 Å². The molecule has 1 aromatic heterocycles. The zero-order valence-electron chi connectivity index (χ0n) is 20.1. The molecule has 1 aliphatic rings. The minimum absolute atomic E-state index is 0.173. The number of nitrogens with one attached hydrogen (secondary N) is 1. The number of nitrogens with zero attached hydrogens (tertiary/aromatic N) is 2. The van der Waals surface area contributed by atoms with Gasteiger partial charge in [0, 0.05) is 12.1 Å². The minimum Gasteiger partial charge on any atom is -0.496 e. The Kier molecular flexibility index (Phi) is 7.08. The lowest BCUT2D eigenvalue weighted by Crippen LogP contribution is -2.30. The van der Waals surface area contributed by atoms with E-state index in [2.05, 4.69) is 9.97 Å². The molecule has 0 aliphatic carbocycles. The summed E-state index contributed by atoms with van der Waals surface area (Å²) in [4.78, 5) is 45.2. The van der Waals surface area contributed by atoms with E-state index in [-0.39, 0.29) is 17.0 Å². The molecule has 0 unspecified atom stereocenters. The highest BCUT2D eigenvalue weighted by Crippen LogP contribution is 2.36. The fourth-order valence-corrected chi connectivity index (χ4v) is 5.48. The van der Waals surface area contributed by atoms with Crippen LogP contribution in [0.1, 0.15) is 21.5 Å². The SMILES string of the molecule is COc1ccc(C=C2SC(=S)N(CCc3ccc(C(=O)O)cc3)C2=O)cc1-c1ccc2c(=O)[nH]cnc2c1. The van der Waals surface area contributed by atoms with Crippen molar-refractivity contribution in [1.82, 2.24) is 14.9 Å². The minimum atomic E-state index is -0.979. The molecule has 4 aromatic rings. The summed E-state index contributed by atoms with van der Waals surface area (Å²) < 4.78 is 6.04. The predicted octanol–water partition coefficient (Wildman–Crippen LogP) is 4.74. The molecule has 1 amide bonds. The van der Waals surface area contributed by atoms with E-state index in [1.165, 1.54) is 18.1 Å². The van der Waals surface area contributed by atoms with Gasteiger partial charge in [-0.05, 0) is 65.6 Å². The Morgan fingerprint density at radius 2 is 1.92 bits per heavy atom. The molecule has 1 saturated heterocycles. The lowest BCUT2D eigenvalue weighted by molar-refractivity contribution is -0.122. The molecule has 0 bridgehead atoms. The Bertz CT molecular complexity index is 1680. The van der Waals surface area contributed by atoms with Gasteiger partial charge in [-0.15, -0.1) is 0 Å². The third-order valence-corrected chi connectivity index (χ3v) is 7.55. The Hall–Kier alpha value is -4.28. The quantitative estimate of drug-likeness (QED) is 0.254. The zero-order valence-corrected chi connectivity index (χ0v) is 21.8. The molecule has 8 nitrogen and oxygen atoms in total. The topological polar surface area (TPSA) is 113 Å². The number of carboxylic acid groups (broad SMARTS) is 1. The van der Waals surface area contributed by atoms with Crippen LogP contribution in [0, 0.1) is 0 Å². The Morgan fingerprint density at radius 1 is 1.13 bits per heavy atom. The van der Waals surface area contributed by atoms with Gasteiger partial charge in [0.05, 0.1) is 34.8 Å². The number of aromatic nitrogens is 2. The Balaban J connectivity index is 1.38. The van der Waals surface area contributed by atoms with E-state index >= 15 is 0 Å². The van der Waals surface area contributed by atoms with Crippen LogP contribution in [-0.2, 0) is 11.2 Å². The maximum Gasteiger partial charge on any atom is 0.335 e. The second-order valence-electron chi connectivity index (χ2n) is 8.51. The number of carbonyl (C=O) groups is 2. The van der Waals surface area contributed by atoms with Crippen molar-refractivity contribution in [3.63, 3.8) is 0 Å². The molecule has 3 aromatic carbocycles. The van der Waals surface area contributed by atoms with E-state index < -0.39 is 5.97 Å². The molecular formula is C28H21N3O5S2.